The van der Waals surface area contributed by atoms with Crippen molar-refractivity contribution in [3.8, 4) is 0 Å². The summed E-state index contributed by atoms with van der Waals surface area (Å²) >= 11 is 1.43. The molecule has 0 unspecified atom stereocenters. The van der Waals surface area contributed by atoms with Crippen LogP contribution in [0.4, 0.5) is 5.69 Å². The number of hydrogen-bond acceptors (Lipinski definition) is 5. The maximum Gasteiger partial charge on any atom is 0.234 e. The van der Waals surface area contributed by atoms with Crippen LogP contribution in [0.15, 0.2) is 52.4 Å². The number of fused-ring (bicyclic) bond motifs is 1. The molecule has 0 radical (unpaired) electrons. The average Bonchev–Trinajstić information content (AvgIpc) is 3.32. The first-order valence-electron chi connectivity index (χ1n) is 9.76. The zero-order chi connectivity index (χ0) is 21.3. The molecule has 1 N–H and O–H groups in total. The maximum absolute atomic E-state index is 12.5. The highest BCUT2D eigenvalue weighted by molar-refractivity contribution is 8.00. The van der Waals surface area contributed by atoms with Crippen LogP contribution in [0.5, 0.6) is 0 Å². The first kappa shape index (κ1) is 20.2. The van der Waals surface area contributed by atoms with E-state index in [2.05, 4.69) is 40.6 Å². The molecule has 1 aromatic carbocycles. The lowest BCUT2D eigenvalue weighted by Gasteiger charge is -2.08. The van der Waals surface area contributed by atoms with Crippen molar-refractivity contribution in [3.05, 3.63) is 71.1 Å². The van der Waals surface area contributed by atoms with E-state index in [4.69, 9.17) is 4.42 Å². The highest BCUT2D eigenvalue weighted by atomic mass is 32.2. The van der Waals surface area contributed by atoms with E-state index >= 15 is 0 Å². The number of amides is 1. The van der Waals surface area contributed by atoms with E-state index in [1.165, 1.54) is 17.3 Å². The summed E-state index contributed by atoms with van der Waals surface area (Å²) in [6.07, 6.45) is 3.23. The van der Waals surface area contributed by atoms with Crippen molar-refractivity contribution in [2.45, 2.75) is 39.3 Å². The zero-order valence-electron chi connectivity index (χ0n) is 17.5. The smallest absolute Gasteiger partial charge is 0.234 e. The summed E-state index contributed by atoms with van der Waals surface area (Å²) in [5, 5.41) is 4.77. The molecule has 4 aromatic rings. The molecule has 0 saturated carbocycles. The third-order valence-electron chi connectivity index (χ3n) is 5.40. The van der Waals surface area contributed by atoms with Crippen LogP contribution in [-0.2, 0) is 11.3 Å². The monoisotopic (exact) mass is 420 g/mol. The number of rotatable bonds is 6. The molecule has 0 aliphatic rings. The average molecular weight is 421 g/mol. The van der Waals surface area contributed by atoms with Crippen molar-refractivity contribution < 1.29 is 9.21 Å². The third kappa shape index (κ3) is 3.98. The Kier molecular flexibility index (Phi) is 5.63. The predicted molar refractivity (Wildman–Crippen MR) is 120 cm³/mol. The molecule has 30 heavy (non-hydrogen) atoms. The van der Waals surface area contributed by atoms with Crippen LogP contribution in [0.2, 0.25) is 0 Å². The van der Waals surface area contributed by atoms with E-state index in [1.807, 2.05) is 37.3 Å². The molecule has 1 amide bonds. The molecule has 154 valence electrons. The Balaban J connectivity index is 1.54. The summed E-state index contributed by atoms with van der Waals surface area (Å²) in [5.41, 5.74) is 6.26. The van der Waals surface area contributed by atoms with Gasteiger partial charge in [-0.2, -0.15) is 0 Å². The molecule has 7 heteroatoms. The molecular weight excluding hydrogens is 396 g/mol. The molecule has 3 aromatic heterocycles. The Morgan fingerprint density at radius 1 is 1.13 bits per heavy atom. The fraction of sp³-hybridized carbons (Fsp3) is 0.261. The number of hydrogen-bond donors (Lipinski definition) is 1. The summed E-state index contributed by atoms with van der Waals surface area (Å²) in [5.74, 6) is 1.09. The number of furan rings is 1. The normalized spacial score (nSPS) is 11.2. The van der Waals surface area contributed by atoms with Crippen molar-refractivity contribution in [2.75, 3.05) is 11.1 Å². The van der Waals surface area contributed by atoms with Crippen LogP contribution in [0.25, 0.3) is 11.0 Å². The Morgan fingerprint density at radius 2 is 1.97 bits per heavy atom. The third-order valence-corrected chi connectivity index (χ3v) is 6.38. The second kappa shape index (κ2) is 8.36. The van der Waals surface area contributed by atoms with E-state index in [0.29, 0.717) is 6.54 Å². The van der Waals surface area contributed by atoms with Gasteiger partial charge < -0.3 is 14.3 Å². The van der Waals surface area contributed by atoms with Gasteiger partial charge in [0, 0.05) is 11.4 Å². The number of aryl methyl sites for hydroxylation is 3. The summed E-state index contributed by atoms with van der Waals surface area (Å²) in [6.45, 7) is 8.84. The first-order valence-corrected chi connectivity index (χ1v) is 10.7. The predicted octanol–water partition coefficient (Wildman–Crippen LogP) is 5.04. The summed E-state index contributed by atoms with van der Waals surface area (Å²) in [6, 6.07) is 9.77. The van der Waals surface area contributed by atoms with Gasteiger partial charge in [0.2, 0.25) is 5.91 Å². The van der Waals surface area contributed by atoms with Crippen molar-refractivity contribution in [1.82, 2.24) is 14.5 Å². The van der Waals surface area contributed by atoms with Gasteiger partial charge in [0.1, 0.15) is 22.8 Å². The van der Waals surface area contributed by atoms with Crippen molar-refractivity contribution in [3.63, 3.8) is 0 Å². The zero-order valence-corrected chi connectivity index (χ0v) is 18.3. The van der Waals surface area contributed by atoms with Crippen LogP contribution in [-0.4, -0.2) is 26.2 Å². The fourth-order valence-electron chi connectivity index (χ4n) is 3.45. The summed E-state index contributed by atoms with van der Waals surface area (Å²) in [4.78, 5) is 21.5. The highest BCUT2D eigenvalue weighted by Crippen LogP contribution is 2.32. The number of benzene rings is 1. The van der Waals surface area contributed by atoms with Crippen LogP contribution < -0.4 is 5.32 Å². The van der Waals surface area contributed by atoms with Crippen molar-refractivity contribution >= 4 is 34.4 Å². The maximum atomic E-state index is 12.5. The second-order valence-electron chi connectivity index (χ2n) is 7.39. The Labute approximate surface area is 179 Å². The minimum absolute atomic E-state index is 0.0561. The number of carbonyl (C=O) groups is 1. The SMILES string of the molecule is Cc1ccc(NC(=O)CSc2ncnc3c2c(C)c(C)n3Cc2ccco2)cc1C. The number of carbonyl (C=O) groups excluding carboxylic acids is 1. The fourth-order valence-corrected chi connectivity index (χ4v) is 4.30. The van der Waals surface area contributed by atoms with Crippen LogP contribution in [0.3, 0.4) is 0 Å². The molecule has 6 nitrogen and oxygen atoms in total. The minimum atomic E-state index is -0.0561. The van der Waals surface area contributed by atoms with Crippen molar-refractivity contribution in [1.29, 1.82) is 0 Å². The van der Waals surface area contributed by atoms with Gasteiger partial charge >= 0.3 is 0 Å². The van der Waals surface area contributed by atoms with Gasteiger partial charge in [-0.3, -0.25) is 4.79 Å². The molecule has 0 spiro atoms. The second-order valence-corrected chi connectivity index (χ2v) is 8.35. The van der Waals surface area contributed by atoms with Gasteiger partial charge in [0.25, 0.3) is 0 Å². The number of thioether (sulfide) groups is 1. The lowest BCUT2D eigenvalue weighted by Crippen LogP contribution is -2.14. The molecule has 0 saturated heterocycles. The molecule has 4 rings (SSSR count). The van der Waals surface area contributed by atoms with Crippen LogP contribution in [0, 0.1) is 27.7 Å². The molecule has 0 aliphatic heterocycles. The van der Waals surface area contributed by atoms with E-state index in [-0.39, 0.29) is 11.7 Å². The van der Waals surface area contributed by atoms with Crippen LogP contribution in [0.1, 0.15) is 28.1 Å². The lowest BCUT2D eigenvalue weighted by molar-refractivity contribution is -0.113. The van der Waals surface area contributed by atoms with E-state index in [9.17, 15) is 4.79 Å². The van der Waals surface area contributed by atoms with E-state index < -0.39 is 0 Å². The van der Waals surface area contributed by atoms with Gasteiger partial charge in [-0.1, -0.05) is 17.8 Å². The highest BCUT2D eigenvalue weighted by Gasteiger charge is 2.18. The van der Waals surface area contributed by atoms with Gasteiger partial charge in [-0.25, -0.2) is 9.97 Å². The number of nitrogens with zero attached hydrogens (tertiary/aromatic N) is 3. The Bertz CT molecular complexity index is 1210. The van der Waals surface area contributed by atoms with E-state index in [0.717, 1.165) is 44.3 Å². The number of nitrogens with one attached hydrogen (secondary N) is 1. The summed E-state index contributed by atoms with van der Waals surface area (Å²) in [7, 11) is 0. The molecule has 0 fully saturated rings. The number of aromatic nitrogens is 3. The van der Waals surface area contributed by atoms with Gasteiger partial charge in [-0.05, 0) is 68.7 Å². The van der Waals surface area contributed by atoms with E-state index in [1.54, 1.807) is 12.6 Å². The van der Waals surface area contributed by atoms with Crippen molar-refractivity contribution in [2.24, 2.45) is 0 Å². The minimum Gasteiger partial charge on any atom is -0.467 e. The Morgan fingerprint density at radius 3 is 2.70 bits per heavy atom. The van der Waals surface area contributed by atoms with Crippen LogP contribution >= 0.6 is 11.8 Å². The topological polar surface area (TPSA) is 73.0 Å². The quantitative estimate of drug-likeness (QED) is 0.350. The van der Waals surface area contributed by atoms with Gasteiger partial charge in [0.15, 0.2) is 0 Å². The molecule has 0 aliphatic carbocycles. The standard InChI is InChI=1S/C23H24N4O2S/c1-14-7-8-18(10-15(14)2)26-20(28)12-30-23-21-16(3)17(4)27(22(21)24-13-25-23)11-19-6-5-9-29-19/h5-10,13H,11-12H2,1-4H3,(H,26,28). The van der Waals surface area contributed by atoms with Gasteiger partial charge in [-0.15, -0.1) is 0 Å². The molecular formula is C23H24N4O2S. The number of anilines is 1. The Hall–Kier alpha value is -3.06. The summed E-state index contributed by atoms with van der Waals surface area (Å²) < 4.78 is 7.64. The molecule has 3 heterocycles. The lowest BCUT2D eigenvalue weighted by atomic mass is 10.1. The van der Waals surface area contributed by atoms with Gasteiger partial charge in [0.05, 0.1) is 23.9 Å². The largest absolute Gasteiger partial charge is 0.467 e. The molecule has 0 bridgehead atoms. The first-order chi connectivity index (χ1) is 14.4. The molecule has 0 atom stereocenters.